The van der Waals surface area contributed by atoms with E-state index in [2.05, 4.69) is 5.10 Å². The zero-order chi connectivity index (χ0) is 11.7. The Morgan fingerprint density at radius 2 is 2.25 bits per heavy atom. The average Bonchev–Trinajstić information content (AvgIpc) is 2.64. The number of aryl methyl sites for hydroxylation is 1. The van der Waals surface area contributed by atoms with Crippen molar-refractivity contribution in [2.75, 3.05) is 0 Å². The Morgan fingerprint density at radius 3 is 2.81 bits per heavy atom. The summed E-state index contributed by atoms with van der Waals surface area (Å²) in [5, 5.41) is 12.9. The van der Waals surface area contributed by atoms with Crippen molar-refractivity contribution in [3.63, 3.8) is 0 Å². The van der Waals surface area contributed by atoms with Gasteiger partial charge >= 0.3 is 5.97 Å². The molecule has 2 rings (SSSR count). The quantitative estimate of drug-likeness (QED) is 0.842. The van der Waals surface area contributed by atoms with E-state index in [0.717, 1.165) is 5.56 Å². The van der Waals surface area contributed by atoms with Crippen LogP contribution in [0.15, 0.2) is 30.6 Å². The highest BCUT2D eigenvalue weighted by Gasteiger charge is 2.16. The molecule has 82 valence electrons. The molecule has 2 aromatic rings. The molecule has 0 saturated heterocycles. The molecule has 1 N–H and O–H groups in total. The van der Waals surface area contributed by atoms with E-state index in [9.17, 15) is 9.18 Å². The molecule has 4 nitrogen and oxygen atoms in total. The van der Waals surface area contributed by atoms with Gasteiger partial charge in [-0.25, -0.2) is 13.9 Å². The molecule has 1 aromatic carbocycles. The molecule has 0 saturated carbocycles. The lowest BCUT2D eigenvalue weighted by atomic mass is 10.1. The van der Waals surface area contributed by atoms with Gasteiger partial charge in [0.25, 0.3) is 0 Å². The highest BCUT2D eigenvalue weighted by molar-refractivity contribution is 5.91. The van der Waals surface area contributed by atoms with Crippen molar-refractivity contribution in [2.24, 2.45) is 0 Å². The van der Waals surface area contributed by atoms with Crippen LogP contribution in [-0.4, -0.2) is 20.9 Å². The molecule has 0 unspecified atom stereocenters. The van der Waals surface area contributed by atoms with Crippen molar-refractivity contribution >= 4 is 5.97 Å². The van der Waals surface area contributed by atoms with Crippen molar-refractivity contribution in [3.05, 3.63) is 47.5 Å². The van der Waals surface area contributed by atoms with Gasteiger partial charge in [0, 0.05) is 6.20 Å². The van der Waals surface area contributed by atoms with Crippen LogP contribution in [-0.2, 0) is 0 Å². The lowest BCUT2D eigenvalue weighted by Crippen LogP contribution is -2.08. The summed E-state index contributed by atoms with van der Waals surface area (Å²) in [6.45, 7) is 1.80. The average molecular weight is 220 g/mol. The summed E-state index contributed by atoms with van der Waals surface area (Å²) in [7, 11) is 0. The van der Waals surface area contributed by atoms with Gasteiger partial charge in [-0.05, 0) is 24.6 Å². The fourth-order valence-corrected chi connectivity index (χ4v) is 1.46. The van der Waals surface area contributed by atoms with E-state index in [1.165, 1.54) is 29.1 Å². The highest BCUT2D eigenvalue weighted by Crippen LogP contribution is 2.18. The first-order valence-electron chi connectivity index (χ1n) is 4.63. The number of carboxylic acids is 1. The Kier molecular flexibility index (Phi) is 2.44. The SMILES string of the molecule is Cc1cnn(-c2c(F)cccc2C(=O)O)c1. The fourth-order valence-electron chi connectivity index (χ4n) is 1.46. The maximum absolute atomic E-state index is 13.6. The Balaban J connectivity index is 2.67. The molecule has 0 aliphatic heterocycles. The molecule has 1 heterocycles. The first-order chi connectivity index (χ1) is 7.59. The first-order valence-corrected chi connectivity index (χ1v) is 4.63. The van der Waals surface area contributed by atoms with Crippen LogP contribution in [0.2, 0.25) is 0 Å². The van der Waals surface area contributed by atoms with Gasteiger partial charge in [-0.1, -0.05) is 6.07 Å². The Morgan fingerprint density at radius 1 is 1.50 bits per heavy atom. The topological polar surface area (TPSA) is 55.1 Å². The molecule has 0 aliphatic carbocycles. The summed E-state index contributed by atoms with van der Waals surface area (Å²) in [6, 6.07) is 3.91. The molecule has 0 bridgehead atoms. The van der Waals surface area contributed by atoms with Crippen molar-refractivity contribution in [1.29, 1.82) is 0 Å². The third kappa shape index (κ3) is 1.67. The minimum Gasteiger partial charge on any atom is -0.478 e. The summed E-state index contributed by atoms with van der Waals surface area (Å²) in [5.41, 5.74) is 0.686. The normalized spacial score (nSPS) is 10.4. The van der Waals surface area contributed by atoms with Crippen LogP contribution in [0, 0.1) is 12.7 Å². The second kappa shape index (κ2) is 3.77. The lowest BCUT2D eigenvalue weighted by Gasteiger charge is -2.06. The van der Waals surface area contributed by atoms with E-state index < -0.39 is 11.8 Å². The molecule has 0 aliphatic rings. The molecule has 0 spiro atoms. The number of benzene rings is 1. The molecule has 5 heteroatoms. The van der Waals surface area contributed by atoms with Crippen LogP contribution < -0.4 is 0 Å². The van der Waals surface area contributed by atoms with Crippen molar-refractivity contribution in [2.45, 2.75) is 6.92 Å². The standard InChI is InChI=1S/C11H9FN2O2/c1-7-5-13-14(6-7)10-8(11(15)16)3-2-4-9(10)12/h2-6H,1H3,(H,15,16). The molecule has 0 amide bonds. The summed E-state index contributed by atoms with van der Waals surface area (Å²) >= 11 is 0. The largest absolute Gasteiger partial charge is 0.478 e. The molecule has 0 radical (unpaired) electrons. The molecular formula is C11H9FN2O2. The van der Waals surface area contributed by atoms with Crippen molar-refractivity contribution in [1.82, 2.24) is 9.78 Å². The number of nitrogens with zero attached hydrogens (tertiary/aromatic N) is 2. The summed E-state index contributed by atoms with van der Waals surface area (Å²) in [6.07, 6.45) is 3.11. The van der Waals surface area contributed by atoms with Gasteiger partial charge in [0.1, 0.15) is 11.5 Å². The van der Waals surface area contributed by atoms with Crippen LogP contribution in [0.4, 0.5) is 4.39 Å². The van der Waals surface area contributed by atoms with Gasteiger partial charge in [-0.15, -0.1) is 0 Å². The summed E-state index contributed by atoms with van der Waals surface area (Å²) in [5.74, 6) is -1.79. The number of aromatic nitrogens is 2. The number of hydrogen-bond donors (Lipinski definition) is 1. The molecule has 1 aromatic heterocycles. The predicted molar refractivity (Wildman–Crippen MR) is 55.2 cm³/mol. The summed E-state index contributed by atoms with van der Waals surface area (Å²) in [4.78, 5) is 10.9. The second-order valence-corrected chi connectivity index (χ2v) is 3.40. The van der Waals surface area contributed by atoms with E-state index in [0.29, 0.717) is 0 Å². The zero-order valence-corrected chi connectivity index (χ0v) is 8.51. The third-order valence-electron chi connectivity index (χ3n) is 2.16. The van der Waals surface area contributed by atoms with Crippen LogP contribution >= 0.6 is 0 Å². The van der Waals surface area contributed by atoms with Crippen LogP contribution in [0.3, 0.4) is 0 Å². The monoisotopic (exact) mass is 220 g/mol. The third-order valence-corrected chi connectivity index (χ3v) is 2.16. The van der Waals surface area contributed by atoms with E-state index in [4.69, 9.17) is 5.11 Å². The number of carboxylic acid groups (broad SMARTS) is 1. The number of rotatable bonds is 2. The van der Waals surface area contributed by atoms with Gasteiger partial charge in [0.2, 0.25) is 0 Å². The van der Waals surface area contributed by atoms with Gasteiger partial charge < -0.3 is 5.11 Å². The Bertz CT molecular complexity index is 549. The highest BCUT2D eigenvalue weighted by atomic mass is 19.1. The number of aromatic carboxylic acids is 1. The van der Waals surface area contributed by atoms with Crippen LogP contribution in [0.25, 0.3) is 5.69 Å². The van der Waals surface area contributed by atoms with Gasteiger partial charge in [-0.3, -0.25) is 0 Å². The smallest absolute Gasteiger partial charge is 0.338 e. The minimum absolute atomic E-state index is 0.0388. The first kappa shape index (κ1) is 10.4. The van der Waals surface area contributed by atoms with Crippen molar-refractivity contribution in [3.8, 4) is 5.69 Å². The zero-order valence-electron chi connectivity index (χ0n) is 8.51. The number of hydrogen-bond acceptors (Lipinski definition) is 2. The molecule has 0 atom stereocenters. The van der Waals surface area contributed by atoms with E-state index in [-0.39, 0.29) is 11.3 Å². The lowest BCUT2D eigenvalue weighted by molar-refractivity contribution is 0.0696. The number of carbonyl (C=O) groups is 1. The predicted octanol–water partition coefficient (Wildman–Crippen LogP) is 2.02. The molecule has 16 heavy (non-hydrogen) atoms. The maximum Gasteiger partial charge on any atom is 0.338 e. The van der Waals surface area contributed by atoms with E-state index in [1.807, 2.05) is 0 Å². The minimum atomic E-state index is -1.18. The van der Waals surface area contributed by atoms with Crippen LogP contribution in [0.1, 0.15) is 15.9 Å². The second-order valence-electron chi connectivity index (χ2n) is 3.40. The number of halogens is 1. The number of para-hydroxylation sites is 1. The Labute approximate surface area is 90.9 Å². The maximum atomic E-state index is 13.6. The van der Waals surface area contributed by atoms with Gasteiger partial charge in [0.15, 0.2) is 0 Å². The Hall–Kier alpha value is -2.17. The molecule has 0 fully saturated rings. The van der Waals surface area contributed by atoms with E-state index in [1.54, 1.807) is 13.1 Å². The van der Waals surface area contributed by atoms with Crippen LogP contribution in [0.5, 0.6) is 0 Å². The summed E-state index contributed by atoms with van der Waals surface area (Å²) < 4.78 is 14.8. The van der Waals surface area contributed by atoms with Gasteiger partial charge in [0.05, 0.1) is 11.8 Å². The van der Waals surface area contributed by atoms with Gasteiger partial charge in [-0.2, -0.15) is 5.10 Å². The van der Waals surface area contributed by atoms with Crippen molar-refractivity contribution < 1.29 is 14.3 Å². The fraction of sp³-hybridized carbons (Fsp3) is 0.0909. The van der Waals surface area contributed by atoms with E-state index >= 15 is 0 Å². The molecular weight excluding hydrogens is 211 g/mol.